The molecule has 0 aliphatic heterocycles. The van der Waals surface area contributed by atoms with Gasteiger partial charge in [-0.15, -0.1) is 0 Å². The van der Waals surface area contributed by atoms with Gasteiger partial charge in [-0.3, -0.25) is 9.59 Å². The molecular formula is C19H21ClN2O5S. The van der Waals surface area contributed by atoms with Crippen LogP contribution in [0.4, 0.5) is 5.69 Å². The highest BCUT2D eigenvalue weighted by molar-refractivity contribution is 7.89. The molecule has 1 unspecified atom stereocenters. The van der Waals surface area contributed by atoms with Crippen LogP contribution in [0.25, 0.3) is 0 Å². The molecule has 0 heterocycles. The van der Waals surface area contributed by atoms with E-state index >= 15 is 0 Å². The Morgan fingerprint density at radius 2 is 1.64 bits per heavy atom. The second kappa shape index (κ2) is 9.18. The van der Waals surface area contributed by atoms with Crippen molar-refractivity contribution in [3.63, 3.8) is 0 Å². The van der Waals surface area contributed by atoms with Crippen LogP contribution in [0.2, 0.25) is 5.02 Å². The predicted molar refractivity (Wildman–Crippen MR) is 107 cm³/mol. The second-order valence-corrected chi connectivity index (χ2v) is 8.33. The molecule has 2 N–H and O–H groups in total. The first-order valence-electron chi connectivity index (χ1n) is 8.45. The molecule has 28 heavy (non-hydrogen) atoms. The van der Waals surface area contributed by atoms with Gasteiger partial charge in [0.05, 0.1) is 15.6 Å². The number of hydrogen-bond donors (Lipinski definition) is 2. The average Bonchev–Trinajstić information content (AvgIpc) is 2.63. The van der Waals surface area contributed by atoms with Gasteiger partial charge in [-0.05, 0) is 45.0 Å². The van der Waals surface area contributed by atoms with Gasteiger partial charge in [0.25, 0.3) is 5.91 Å². The lowest BCUT2D eigenvalue weighted by atomic mass is 10.2. The van der Waals surface area contributed by atoms with Crippen LogP contribution in [-0.2, 0) is 24.3 Å². The smallest absolute Gasteiger partial charge is 0.324 e. The SMILES string of the molecule is Cc1ccc(S(=O)(=O)N[C@@H](C)C(=O)OC(C)C(=O)Nc2ccccc2Cl)cc1. The van der Waals surface area contributed by atoms with Crippen molar-refractivity contribution in [1.82, 2.24) is 4.72 Å². The normalized spacial score (nSPS) is 13.4. The number of esters is 1. The minimum atomic E-state index is -3.90. The molecule has 150 valence electrons. The van der Waals surface area contributed by atoms with E-state index in [1.165, 1.54) is 26.0 Å². The maximum atomic E-state index is 12.3. The number of sulfonamides is 1. The standard InChI is InChI=1S/C19H21ClN2O5S/c1-12-8-10-15(11-9-12)28(25,26)22-13(2)19(24)27-14(3)18(23)21-17-7-5-4-6-16(17)20/h4-11,13-14,22H,1-3H3,(H,21,23)/t13-,14?/m0/s1. The highest BCUT2D eigenvalue weighted by Gasteiger charge is 2.26. The predicted octanol–water partition coefficient (Wildman–Crippen LogP) is 2.89. The first kappa shape index (κ1) is 21.9. The number of rotatable bonds is 7. The van der Waals surface area contributed by atoms with Crippen molar-refractivity contribution in [1.29, 1.82) is 0 Å². The molecule has 2 rings (SSSR count). The molecule has 0 saturated carbocycles. The maximum Gasteiger partial charge on any atom is 0.324 e. The van der Waals surface area contributed by atoms with Gasteiger partial charge in [-0.25, -0.2) is 8.42 Å². The van der Waals surface area contributed by atoms with Crippen LogP contribution in [0.3, 0.4) is 0 Å². The molecule has 9 heteroatoms. The number of nitrogens with one attached hydrogen (secondary N) is 2. The molecule has 0 aliphatic carbocycles. The molecule has 2 aromatic carbocycles. The Morgan fingerprint density at radius 3 is 2.25 bits per heavy atom. The van der Waals surface area contributed by atoms with Crippen LogP contribution in [0, 0.1) is 6.92 Å². The van der Waals surface area contributed by atoms with E-state index in [1.807, 2.05) is 6.92 Å². The molecule has 0 bridgehead atoms. The molecule has 0 spiro atoms. The molecule has 0 aliphatic rings. The fraction of sp³-hybridized carbons (Fsp3) is 0.263. The van der Waals surface area contributed by atoms with Crippen molar-refractivity contribution >= 4 is 39.2 Å². The van der Waals surface area contributed by atoms with Gasteiger partial charge >= 0.3 is 5.97 Å². The Balaban J connectivity index is 1.96. The van der Waals surface area contributed by atoms with Crippen molar-refractivity contribution in [2.45, 2.75) is 37.8 Å². The number of aryl methyl sites for hydroxylation is 1. The molecule has 2 atom stereocenters. The number of hydrogen-bond acceptors (Lipinski definition) is 5. The zero-order valence-electron chi connectivity index (χ0n) is 15.6. The van der Waals surface area contributed by atoms with Crippen LogP contribution in [-0.4, -0.2) is 32.4 Å². The van der Waals surface area contributed by atoms with E-state index < -0.39 is 34.0 Å². The number of halogens is 1. The number of benzene rings is 2. The maximum absolute atomic E-state index is 12.3. The summed E-state index contributed by atoms with van der Waals surface area (Å²) in [7, 11) is -3.90. The molecule has 7 nitrogen and oxygen atoms in total. The molecule has 0 aromatic heterocycles. The summed E-state index contributed by atoms with van der Waals surface area (Å²) in [5.74, 6) is -1.47. The summed E-state index contributed by atoms with van der Waals surface area (Å²) in [6, 6.07) is 11.6. The Labute approximate surface area is 169 Å². The van der Waals surface area contributed by atoms with Crippen LogP contribution in [0.5, 0.6) is 0 Å². The van der Waals surface area contributed by atoms with Gasteiger partial charge in [-0.1, -0.05) is 41.4 Å². The minimum absolute atomic E-state index is 0.0299. The average molecular weight is 425 g/mol. The highest BCUT2D eigenvalue weighted by Crippen LogP contribution is 2.20. The van der Waals surface area contributed by atoms with Gasteiger partial charge in [0.2, 0.25) is 10.0 Å². The zero-order valence-corrected chi connectivity index (χ0v) is 17.2. The third-order valence-corrected chi connectivity index (χ3v) is 5.70. The fourth-order valence-corrected chi connectivity index (χ4v) is 3.57. The van der Waals surface area contributed by atoms with E-state index in [2.05, 4.69) is 10.0 Å². The third kappa shape index (κ3) is 5.79. The monoisotopic (exact) mass is 424 g/mol. The first-order chi connectivity index (χ1) is 13.1. The highest BCUT2D eigenvalue weighted by atomic mass is 35.5. The Hall–Kier alpha value is -2.42. The van der Waals surface area contributed by atoms with Crippen molar-refractivity contribution in [3.05, 3.63) is 59.1 Å². The van der Waals surface area contributed by atoms with E-state index in [0.717, 1.165) is 5.56 Å². The lowest BCUT2D eigenvalue weighted by Gasteiger charge is -2.18. The fourth-order valence-electron chi connectivity index (χ4n) is 2.19. The lowest BCUT2D eigenvalue weighted by Crippen LogP contribution is -2.42. The van der Waals surface area contributed by atoms with Crippen molar-refractivity contribution < 1.29 is 22.7 Å². The number of amides is 1. The van der Waals surface area contributed by atoms with Gasteiger partial charge in [0, 0.05) is 0 Å². The van der Waals surface area contributed by atoms with Crippen LogP contribution in [0.15, 0.2) is 53.4 Å². The summed E-state index contributed by atoms with van der Waals surface area (Å²) in [5, 5.41) is 2.89. The molecule has 0 fully saturated rings. The number of carbonyl (C=O) groups is 2. The van der Waals surface area contributed by atoms with E-state index in [-0.39, 0.29) is 4.90 Å². The number of anilines is 1. The summed E-state index contributed by atoms with van der Waals surface area (Å²) < 4.78 is 32.0. The van der Waals surface area contributed by atoms with Gasteiger partial charge < -0.3 is 10.1 Å². The minimum Gasteiger partial charge on any atom is -0.451 e. The summed E-state index contributed by atoms with van der Waals surface area (Å²) >= 11 is 5.97. The van der Waals surface area contributed by atoms with Gasteiger partial charge in [-0.2, -0.15) is 4.72 Å². The summed E-state index contributed by atoms with van der Waals surface area (Å²) in [6.45, 7) is 4.55. The van der Waals surface area contributed by atoms with Crippen LogP contribution < -0.4 is 10.0 Å². The zero-order chi connectivity index (χ0) is 20.9. The number of para-hydroxylation sites is 1. The topological polar surface area (TPSA) is 102 Å². The molecule has 0 radical (unpaired) electrons. The third-order valence-electron chi connectivity index (χ3n) is 3.81. The van der Waals surface area contributed by atoms with E-state index in [1.54, 1.807) is 36.4 Å². The van der Waals surface area contributed by atoms with Gasteiger partial charge in [0.15, 0.2) is 6.10 Å². The lowest BCUT2D eigenvalue weighted by molar-refractivity contribution is -0.154. The molecule has 1 amide bonds. The summed E-state index contributed by atoms with van der Waals surface area (Å²) in [5.41, 5.74) is 1.29. The molecular weight excluding hydrogens is 404 g/mol. The number of carbonyl (C=O) groups excluding carboxylic acids is 2. The van der Waals surface area contributed by atoms with Crippen molar-refractivity contribution in [2.75, 3.05) is 5.32 Å². The second-order valence-electron chi connectivity index (χ2n) is 6.20. The van der Waals surface area contributed by atoms with E-state index in [0.29, 0.717) is 10.7 Å². The molecule has 2 aromatic rings. The first-order valence-corrected chi connectivity index (χ1v) is 10.3. The summed E-state index contributed by atoms with van der Waals surface area (Å²) in [4.78, 5) is 24.4. The van der Waals surface area contributed by atoms with Crippen molar-refractivity contribution in [2.24, 2.45) is 0 Å². The van der Waals surface area contributed by atoms with Gasteiger partial charge in [0.1, 0.15) is 6.04 Å². The summed E-state index contributed by atoms with van der Waals surface area (Å²) in [6.07, 6.45) is -1.14. The van der Waals surface area contributed by atoms with E-state index in [9.17, 15) is 18.0 Å². The van der Waals surface area contributed by atoms with Crippen LogP contribution in [0.1, 0.15) is 19.4 Å². The Morgan fingerprint density at radius 1 is 1.04 bits per heavy atom. The quantitative estimate of drug-likeness (QED) is 0.665. The van der Waals surface area contributed by atoms with Crippen LogP contribution >= 0.6 is 11.6 Å². The Bertz CT molecular complexity index is 961. The molecule has 0 saturated heterocycles. The largest absolute Gasteiger partial charge is 0.451 e. The Kier molecular flexibility index (Phi) is 7.17. The number of ether oxygens (including phenoxy) is 1. The van der Waals surface area contributed by atoms with E-state index in [4.69, 9.17) is 16.3 Å². The van der Waals surface area contributed by atoms with Crippen molar-refractivity contribution in [3.8, 4) is 0 Å².